The molecular weight excluding hydrogens is 306 g/mol. The molecule has 2 rings (SSSR count). The molecular formula is C14H17N3O4S. The molecule has 0 aliphatic rings. The van der Waals surface area contributed by atoms with E-state index in [1.165, 1.54) is 0 Å². The minimum atomic E-state index is -3.58. The Hall–Kier alpha value is -2.22. The molecule has 7 nitrogen and oxygen atoms in total. The number of esters is 1. The van der Waals surface area contributed by atoms with Crippen molar-refractivity contribution in [3.8, 4) is 0 Å². The summed E-state index contributed by atoms with van der Waals surface area (Å²) in [5.74, 6) is -0.672. The Kier molecular flexibility index (Phi) is 4.32. The first-order valence-electron chi connectivity index (χ1n) is 6.58. The van der Waals surface area contributed by atoms with Gasteiger partial charge in [-0.05, 0) is 38.5 Å². The Labute approximate surface area is 128 Å². The Morgan fingerprint density at radius 3 is 2.36 bits per heavy atom. The summed E-state index contributed by atoms with van der Waals surface area (Å²) in [5, 5.41) is 5.68. The van der Waals surface area contributed by atoms with E-state index in [1.807, 2.05) is 0 Å². The molecule has 0 fully saturated rings. The molecule has 1 N–H and O–H groups in total. The van der Waals surface area contributed by atoms with Crippen LogP contribution in [0.5, 0.6) is 0 Å². The van der Waals surface area contributed by atoms with E-state index >= 15 is 0 Å². The maximum absolute atomic E-state index is 12.0. The molecule has 0 spiro atoms. The van der Waals surface area contributed by atoms with Crippen molar-refractivity contribution in [3.05, 3.63) is 41.7 Å². The van der Waals surface area contributed by atoms with Gasteiger partial charge in [-0.1, -0.05) is 12.1 Å². The SMILES string of the molecule is CC(C)(C)OC(=O)c1ccc(CS(=O)(=O)c2ncn[nH]2)cc1. The quantitative estimate of drug-likeness (QED) is 0.860. The molecule has 0 amide bonds. The lowest BCUT2D eigenvalue weighted by Crippen LogP contribution is -2.23. The average molecular weight is 323 g/mol. The number of nitrogens with zero attached hydrogens (tertiary/aromatic N) is 2. The molecule has 0 saturated carbocycles. The van der Waals surface area contributed by atoms with Gasteiger partial charge in [0.05, 0.1) is 11.3 Å². The number of carbonyl (C=O) groups is 1. The lowest BCUT2D eigenvalue weighted by molar-refractivity contribution is 0.00695. The standard InChI is InChI=1S/C14H17N3O4S/c1-14(2,3)21-12(18)11-6-4-10(5-7-11)8-22(19,20)13-15-9-16-17-13/h4-7,9H,8H2,1-3H3,(H,15,16,17). The van der Waals surface area contributed by atoms with Crippen LogP contribution in [0.4, 0.5) is 0 Å². The Bertz CT molecular complexity index is 744. The highest BCUT2D eigenvalue weighted by molar-refractivity contribution is 7.90. The zero-order valence-electron chi connectivity index (χ0n) is 12.5. The minimum Gasteiger partial charge on any atom is -0.456 e. The first kappa shape index (κ1) is 16.2. The molecule has 1 aromatic heterocycles. The number of aromatic amines is 1. The van der Waals surface area contributed by atoms with Gasteiger partial charge in [-0.15, -0.1) is 0 Å². The summed E-state index contributed by atoms with van der Waals surface area (Å²) in [5.41, 5.74) is 0.338. The topological polar surface area (TPSA) is 102 Å². The predicted molar refractivity (Wildman–Crippen MR) is 78.9 cm³/mol. The van der Waals surface area contributed by atoms with Gasteiger partial charge in [0.1, 0.15) is 11.9 Å². The molecule has 22 heavy (non-hydrogen) atoms. The third kappa shape index (κ3) is 4.14. The first-order chi connectivity index (χ1) is 10.2. The van der Waals surface area contributed by atoms with Gasteiger partial charge in [-0.3, -0.25) is 5.10 Å². The van der Waals surface area contributed by atoms with Crippen molar-refractivity contribution in [1.82, 2.24) is 15.2 Å². The van der Waals surface area contributed by atoms with Crippen molar-refractivity contribution in [1.29, 1.82) is 0 Å². The van der Waals surface area contributed by atoms with E-state index in [-0.39, 0.29) is 10.9 Å². The number of sulfone groups is 1. The zero-order valence-corrected chi connectivity index (χ0v) is 13.3. The first-order valence-corrected chi connectivity index (χ1v) is 8.23. The van der Waals surface area contributed by atoms with Gasteiger partial charge in [0, 0.05) is 0 Å². The number of hydrogen-bond donors (Lipinski definition) is 1. The second kappa shape index (κ2) is 5.88. The molecule has 1 heterocycles. The minimum absolute atomic E-state index is 0.177. The van der Waals surface area contributed by atoms with E-state index in [4.69, 9.17) is 4.74 Å². The van der Waals surface area contributed by atoms with E-state index in [9.17, 15) is 13.2 Å². The number of nitrogens with one attached hydrogen (secondary N) is 1. The number of aromatic nitrogens is 3. The van der Waals surface area contributed by atoms with Crippen LogP contribution in [0.2, 0.25) is 0 Å². The van der Waals surface area contributed by atoms with E-state index in [0.717, 1.165) is 6.33 Å². The number of carbonyl (C=O) groups excluding carboxylic acids is 1. The molecule has 0 radical (unpaired) electrons. The molecule has 0 atom stereocenters. The number of ether oxygens (including phenoxy) is 1. The van der Waals surface area contributed by atoms with Crippen molar-refractivity contribution in [2.24, 2.45) is 0 Å². The van der Waals surface area contributed by atoms with Crippen LogP contribution in [0.15, 0.2) is 35.7 Å². The third-order valence-corrected chi connectivity index (χ3v) is 4.13. The van der Waals surface area contributed by atoms with Crippen molar-refractivity contribution in [2.45, 2.75) is 37.3 Å². The van der Waals surface area contributed by atoms with E-state index in [1.54, 1.807) is 45.0 Å². The van der Waals surface area contributed by atoms with Gasteiger partial charge in [-0.25, -0.2) is 18.2 Å². The monoisotopic (exact) mass is 323 g/mol. The molecule has 2 aromatic rings. The fourth-order valence-corrected chi connectivity index (χ4v) is 2.87. The number of hydrogen-bond acceptors (Lipinski definition) is 6. The van der Waals surface area contributed by atoms with Gasteiger partial charge in [0.2, 0.25) is 15.0 Å². The second-order valence-electron chi connectivity index (χ2n) is 5.75. The van der Waals surface area contributed by atoms with Crippen LogP contribution in [-0.2, 0) is 20.3 Å². The second-order valence-corrected chi connectivity index (χ2v) is 7.65. The smallest absolute Gasteiger partial charge is 0.338 e. The van der Waals surface area contributed by atoms with Crippen LogP contribution in [0.25, 0.3) is 0 Å². The van der Waals surface area contributed by atoms with Crippen LogP contribution in [-0.4, -0.2) is 35.2 Å². The fourth-order valence-electron chi connectivity index (χ4n) is 1.71. The number of H-pyrrole nitrogens is 1. The lowest BCUT2D eigenvalue weighted by Gasteiger charge is -2.19. The maximum atomic E-state index is 12.0. The van der Waals surface area contributed by atoms with Gasteiger partial charge >= 0.3 is 5.97 Å². The molecule has 8 heteroatoms. The van der Waals surface area contributed by atoms with Gasteiger partial charge in [-0.2, -0.15) is 5.10 Å². The largest absolute Gasteiger partial charge is 0.456 e. The summed E-state index contributed by atoms with van der Waals surface area (Å²) in [4.78, 5) is 15.5. The number of benzene rings is 1. The highest BCUT2D eigenvalue weighted by Crippen LogP contribution is 2.15. The van der Waals surface area contributed by atoms with Crippen LogP contribution >= 0.6 is 0 Å². The van der Waals surface area contributed by atoms with Crippen molar-refractivity contribution < 1.29 is 17.9 Å². The molecule has 0 unspecified atom stereocenters. The van der Waals surface area contributed by atoms with Crippen LogP contribution < -0.4 is 0 Å². The fraction of sp³-hybridized carbons (Fsp3) is 0.357. The molecule has 0 aliphatic heterocycles. The molecule has 118 valence electrons. The molecule has 0 aliphatic carbocycles. The van der Waals surface area contributed by atoms with Crippen molar-refractivity contribution in [2.75, 3.05) is 0 Å². The Morgan fingerprint density at radius 2 is 1.86 bits per heavy atom. The van der Waals surface area contributed by atoms with Crippen LogP contribution in [0, 0.1) is 0 Å². The van der Waals surface area contributed by atoms with Gasteiger partial charge < -0.3 is 4.74 Å². The van der Waals surface area contributed by atoms with E-state index in [2.05, 4.69) is 15.2 Å². The summed E-state index contributed by atoms with van der Waals surface area (Å²) in [7, 11) is -3.58. The molecule has 0 bridgehead atoms. The van der Waals surface area contributed by atoms with Crippen LogP contribution in [0.1, 0.15) is 36.7 Å². The Balaban J connectivity index is 2.11. The van der Waals surface area contributed by atoms with Crippen LogP contribution in [0.3, 0.4) is 0 Å². The predicted octanol–water partition coefficient (Wildman–Crippen LogP) is 1.73. The molecule has 1 aromatic carbocycles. The van der Waals surface area contributed by atoms with Crippen molar-refractivity contribution >= 4 is 15.8 Å². The summed E-state index contributed by atoms with van der Waals surface area (Å²) >= 11 is 0. The lowest BCUT2D eigenvalue weighted by atomic mass is 10.1. The normalized spacial score (nSPS) is 12.1. The average Bonchev–Trinajstić information content (AvgIpc) is 2.91. The van der Waals surface area contributed by atoms with E-state index < -0.39 is 21.4 Å². The summed E-state index contributed by atoms with van der Waals surface area (Å²) in [6, 6.07) is 6.24. The zero-order chi connectivity index (χ0) is 16.4. The highest BCUT2D eigenvalue weighted by Gasteiger charge is 2.20. The third-order valence-electron chi connectivity index (χ3n) is 2.63. The number of rotatable bonds is 4. The van der Waals surface area contributed by atoms with Crippen molar-refractivity contribution in [3.63, 3.8) is 0 Å². The van der Waals surface area contributed by atoms with E-state index in [0.29, 0.717) is 11.1 Å². The summed E-state index contributed by atoms with van der Waals surface area (Å²) < 4.78 is 29.3. The summed E-state index contributed by atoms with van der Waals surface area (Å²) in [6.45, 7) is 5.34. The highest BCUT2D eigenvalue weighted by atomic mass is 32.2. The maximum Gasteiger partial charge on any atom is 0.338 e. The Morgan fingerprint density at radius 1 is 1.23 bits per heavy atom. The van der Waals surface area contributed by atoms with Gasteiger partial charge in [0.15, 0.2) is 0 Å². The summed E-state index contributed by atoms with van der Waals surface area (Å²) in [6.07, 6.45) is 1.14. The van der Waals surface area contributed by atoms with Gasteiger partial charge in [0.25, 0.3) is 0 Å². The molecule has 0 saturated heterocycles.